The molecule has 8 heteroatoms. The fraction of sp³-hybridized carbons (Fsp3) is 0.391. The Labute approximate surface area is 180 Å². The van der Waals surface area contributed by atoms with Crippen molar-refractivity contribution in [3.63, 3.8) is 0 Å². The Morgan fingerprint density at radius 3 is 2.84 bits per heavy atom. The molecule has 31 heavy (non-hydrogen) atoms. The molecular formula is C23H26FN5O2. The number of aryl methyl sites for hydroxylation is 2. The van der Waals surface area contributed by atoms with Crippen molar-refractivity contribution in [2.75, 3.05) is 25.0 Å². The largest absolute Gasteiger partial charge is 0.339 e. The van der Waals surface area contributed by atoms with Crippen LogP contribution in [0.1, 0.15) is 30.7 Å². The summed E-state index contributed by atoms with van der Waals surface area (Å²) in [7, 11) is 0. The van der Waals surface area contributed by atoms with Crippen molar-refractivity contribution in [1.29, 1.82) is 0 Å². The van der Waals surface area contributed by atoms with Gasteiger partial charge in [0.25, 0.3) is 0 Å². The van der Waals surface area contributed by atoms with Gasteiger partial charge in [0, 0.05) is 24.1 Å². The molecule has 3 aromatic rings. The van der Waals surface area contributed by atoms with Crippen LogP contribution < -0.4 is 5.32 Å². The minimum Gasteiger partial charge on any atom is -0.339 e. The molecule has 0 radical (unpaired) electrons. The van der Waals surface area contributed by atoms with Crippen LogP contribution in [0.4, 0.5) is 10.2 Å². The van der Waals surface area contributed by atoms with Gasteiger partial charge in [-0.2, -0.15) is 4.98 Å². The smallest absolute Gasteiger partial charge is 0.228 e. The molecule has 1 fully saturated rings. The third-order valence-electron chi connectivity index (χ3n) is 5.64. The van der Waals surface area contributed by atoms with E-state index < -0.39 is 0 Å². The van der Waals surface area contributed by atoms with Crippen LogP contribution in [0.2, 0.25) is 0 Å². The molecule has 3 heterocycles. The van der Waals surface area contributed by atoms with Crippen molar-refractivity contribution in [3.8, 4) is 11.4 Å². The van der Waals surface area contributed by atoms with Gasteiger partial charge in [-0.15, -0.1) is 0 Å². The molecule has 4 rings (SSSR count). The number of hydrogen-bond donors (Lipinski definition) is 1. The average molecular weight is 423 g/mol. The van der Waals surface area contributed by atoms with Gasteiger partial charge in [-0.3, -0.25) is 4.79 Å². The number of likely N-dealkylation sites (tertiary alicyclic amines) is 1. The van der Waals surface area contributed by atoms with Gasteiger partial charge in [0.15, 0.2) is 0 Å². The Morgan fingerprint density at radius 2 is 2.10 bits per heavy atom. The predicted molar refractivity (Wildman–Crippen MR) is 115 cm³/mol. The Kier molecular flexibility index (Phi) is 6.66. The van der Waals surface area contributed by atoms with Crippen molar-refractivity contribution >= 4 is 11.7 Å². The summed E-state index contributed by atoms with van der Waals surface area (Å²) in [4.78, 5) is 23.3. The average Bonchev–Trinajstić information content (AvgIpc) is 3.26. The highest BCUT2D eigenvalue weighted by molar-refractivity contribution is 5.91. The number of amides is 1. The molecular weight excluding hydrogens is 397 g/mol. The van der Waals surface area contributed by atoms with Crippen LogP contribution in [0, 0.1) is 18.7 Å². The minimum absolute atomic E-state index is 0.0201. The number of piperidine rings is 1. The van der Waals surface area contributed by atoms with Crippen LogP contribution >= 0.6 is 0 Å². The Bertz CT molecular complexity index is 1020. The Morgan fingerprint density at radius 1 is 1.26 bits per heavy atom. The van der Waals surface area contributed by atoms with E-state index in [2.05, 4.69) is 25.3 Å². The fourth-order valence-corrected chi connectivity index (χ4v) is 3.74. The van der Waals surface area contributed by atoms with Crippen LogP contribution in [0.3, 0.4) is 0 Å². The van der Waals surface area contributed by atoms with E-state index in [-0.39, 0.29) is 17.6 Å². The molecule has 0 aliphatic carbocycles. The van der Waals surface area contributed by atoms with Gasteiger partial charge in [-0.1, -0.05) is 23.4 Å². The van der Waals surface area contributed by atoms with E-state index in [1.165, 1.54) is 6.07 Å². The van der Waals surface area contributed by atoms with Gasteiger partial charge in [0.05, 0.1) is 0 Å². The van der Waals surface area contributed by atoms with Gasteiger partial charge in [0.2, 0.25) is 17.6 Å². The molecule has 1 N–H and O–H groups in total. The summed E-state index contributed by atoms with van der Waals surface area (Å²) in [6.45, 7) is 4.40. The second-order valence-corrected chi connectivity index (χ2v) is 7.90. The van der Waals surface area contributed by atoms with Crippen molar-refractivity contribution in [1.82, 2.24) is 20.0 Å². The van der Waals surface area contributed by atoms with Gasteiger partial charge in [0.1, 0.15) is 11.6 Å². The van der Waals surface area contributed by atoms with E-state index in [0.29, 0.717) is 35.1 Å². The van der Waals surface area contributed by atoms with E-state index >= 15 is 0 Å². The normalized spacial score (nSPS) is 15.2. The number of benzene rings is 1. The number of anilines is 1. The van der Waals surface area contributed by atoms with Crippen LogP contribution in [0.15, 0.2) is 47.1 Å². The Balaban J connectivity index is 1.20. The molecule has 1 aliphatic heterocycles. The molecule has 1 aliphatic rings. The number of rotatable bonds is 7. The minimum atomic E-state index is -0.277. The lowest BCUT2D eigenvalue weighted by atomic mass is 9.95. The standard InChI is InChI=1S/C23H26FN5O2/c1-16-7-8-18(15-19(16)24)22-27-21(31-28-22)6-4-12-29-13-9-17(10-14-29)23(30)26-20-5-2-3-11-25-20/h2-3,5,7-8,11,15,17H,4,6,9-10,12-14H2,1H3,(H,25,26,30). The maximum Gasteiger partial charge on any atom is 0.228 e. The van der Waals surface area contributed by atoms with E-state index in [1.54, 1.807) is 31.3 Å². The molecule has 1 aromatic carbocycles. The molecule has 1 amide bonds. The molecule has 0 spiro atoms. The second kappa shape index (κ2) is 9.78. The number of aromatic nitrogens is 3. The zero-order chi connectivity index (χ0) is 21.6. The first-order valence-corrected chi connectivity index (χ1v) is 10.6. The summed E-state index contributed by atoms with van der Waals surface area (Å²) in [5.74, 6) is 1.35. The van der Waals surface area contributed by atoms with Crippen LogP contribution in [0.5, 0.6) is 0 Å². The van der Waals surface area contributed by atoms with Crippen LogP contribution in [-0.2, 0) is 11.2 Å². The van der Waals surface area contributed by atoms with Gasteiger partial charge in [-0.05, 0) is 69.6 Å². The summed E-state index contributed by atoms with van der Waals surface area (Å²) < 4.78 is 19.1. The monoisotopic (exact) mass is 423 g/mol. The van der Waals surface area contributed by atoms with E-state index in [1.807, 2.05) is 12.1 Å². The van der Waals surface area contributed by atoms with Gasteiger partial charge in [-0.25, -0.2) is 9.37 Å². The molecule has 7 nitrogen and oxygen atoms in total. The number of pyridine rings is 1. The number of hydrogen-bond acceptors (Lipinski definition) is 6. The van der Waals surface area contributed by atoms with Crippen LogP contribution in [-0.4, -0.2) is 45.6 Å². The number of nitrogens with one attached hydrogen (secondary N) is 1. The quantitative estimate of drug-likeness (QED) is 0.621. The third kappa shape index (κ3) is 5.52. The van der Waals surface area contributed by atoms with Gasteiger partial charge < -0.3 is 14.7 Å². The summed E-state index contributed by atoms with van der Waals surface area (Å²) in [6, 6.07) is 10.4. The lowest BCUT2D eigenvalue weighted by Crippen LogP contribution is -2.38. The lowest BCUT2D eigenvalue weighted by molar-refractivity contribution is -0.121. The SMILES string of the molecule is Cc1ccc(-c2noc(CCCN3CCC(C(=O)Nc4ccccn4)CC3)n2)cc1F. The summed E-state index contributed by atoms with van der Waals surface area (Å²) in [6.07, 6.45) is 4.89. The maximum atomic E-state index is 13.7. The van der Waals surface area contributed by atoms with E-state index in [4.69, 9.17) is 4.52 Å². The number of carbonyl (C=O) groups is 1. The number of nitrogens with zero attached hydrogens (tertiary/aromatic N) is 4. The predicted octanol–water partition coefficient (Wildman–Crippen LogP) is 3.86. The first kappa shape index (κ1) is 21.1. The molecule has 0 bridgehead atoms. The lowest BCUT2D eigenvalue weighted by Gasteiger charge is -2.31. The first-order chi connectivity index (χ1) is 15.1. The fourth-order valence-electron chi connectivity index (χ4n) is 3.74. The highest BCUT2D eigenvalue weighted by Crippen LogP contribution is 2.21. The highest BCUT2D eigenvalue weighted by Gasteiger charge is 2.25. The molecule has 0 saturated carbocycles. The van der Waals surface area contributed by atoms with Crippen molar-refractivity contribution in [2.45, 2.75) is 32.6 Å². The number of carbonyl (C=O) groups excluding carboxylic acids is 1. The molecule has 162 valence electrons. The maximum absolute atomic E-state index is 13.7. The zero-order valence-corrected chi connectivity index (χ0v) is 17.6. The molecule has 0 unspecified atom stereocenters. The summed E-state index contributed by atoms with van der Waals surface area (Å²) in [5, 5.41) is 6.86. The molecule has 1 saturated heterocycles. The topological polar surface area (TPSA) is 84.2 Å². The Hall–Kier alpha value is -3.13. The number of halogens is 1. The highest BCUT2D eigenvalue weighted by atomic mass is 19.1. The molecule has 2 aromatic heterocycles. The first-order valence-electron chi connectivity index (χ1n) is 10.6. The van der Waals surface area contributed by atoms with Crippen LogP contribution in [0.25, 0.3) is 11.4 Å². The van der Waals surface area contributed by atoms with Crippen molar-refractivity contribution < 1.29 is 13.7 Å². The van der Waals surface area contributed by atoms with Crippen molar-refractivity contribution in [2.24, 2.45) is 5.92 Å². The van der Waals surface area contributed by atoms with Crippen molar-refractivity contribution in [3.05, 3.63) is 59.9 Å². The zero-order valence-electron chi connectivity index (χ0n) is 17.6. The molecule has 0 atom stereocenters. The summed E-state index contributed by atoms with van der Waals surface area (Å²) in [5.41, 5.74) is 1.20. The second-order valence-electron chi connectivity index (χ2n) is 7.90. The summed E-state index contributed by atoms with van der Waals surface area (Å²) >= 11 is 0. The van der Waals surface area contributed by atoms with E-state index in [9.17, 15) is 9.18 Å². The van der Waals surface area contributed by atoms with Gasteiger partial charge >= 0.3 is 0 Å². The van der Waals surface area contributed by atoms with E-state index in [0.717, 1.165) is 38.9 Å². The third-order valence-corrected chi connectivity index (χ3v) is 5.64.